The van der Waals surface area contributed by atoms with Gasteiger partial charge in [-0.15, -0.1) is 0 Å². The van der Waals surface area contributed by atoms with E-state index in [0.29, 0.717) is 0 Å². The van der Waals surface area contributed by atoms with Gasteiger partial charge < -0.3 is 9.64 Å². The minimum atomic E-state index is 0.0151. The van der Waals surface area contributed by atoms with Gasteiger partial charge in [0.1, 0.15) is 5.75 Å². The van der Waals surface area contributed by atoms with E-state index in [0.717, 1.165) is 17.0 Å². The van der Waals surface area contributed by atoms with Gasteiger partial charge in [0, 0.05) is 25.7 Å². The van der Waals surface area contributed by atoms with Gasteiger partial charge in [0.15, 0.2) is 0 Å². The lowest BCUT2D eigenvalue weighted by atomic mass is 10.2. The first-order chi connectivity index (χ1) is 6.56. The summed E-state index contributed by atoms with van der Waals surface area (Å²) in [4.78, 5) is 12.8. The van der Waals surface area contributed by atoms with Crippen LogP contribution in [-0.2, 0) is 4.79 Å². The molecule has 0 aliphatic heterocycles. The second kappa shape index (κ2) is 4.13. The molecule has 1 aromatic rings. The van der Waals surface area contributed by atoms with Crippen molar-refractivity contribution in [2.24, 2.45) is 0 Å². The Kier molecular flexibility index (Phi) is 3.12. The Hall–Kier alpha value is -1.51. The van der Waals surface area contributed by atoms with E-state index in [-0.39, 0.29) is 5.91 Å². The van der Waals surface area contributed by atoms with Crippen molar-refractivity contribution in [1.29, 1.82) is 0 Å². The average Bonchev–Trinajstić information content (AvgIpc) is 2.17. The molecule has 0 fully saturated rings. The van der Waals surface area contributed by atoms with Gasteiger partial charge in [-0.05, 0) is 18.6 Å². The maximum Gasteiger partial charge on any atom is 0.223 e. The van der Waals surface area contributed by atoms with Crippen LogP contribution < -0.4 is 9.64 Å². The van der Waals surface area contributed by atoms with E-state index in [1.807, 2.05) is 25.1 Å². The summed E-state index contributed by atoms with van der Waals surface area (Å²) >= 11 is 0. The van der Waals surface area contributed by atoms with Crippen molar-refractivity contribution in [2.45, 2.75) is 13.8 Å². The molecule has 1 rings (SSSR count). The van der Waals surface area contributed by atoms with E-state index in [9.17, 15) is 4.79 Å². The number of rotatable bonds is 2. The van der Waals surface area contributed by atoms with Gasteiger partial charge >= 0.3 is 0 Å². The topological polar surface area (TPSA) is 29.5 Å². The molecule has 3 heteroatoms. The van der Waals surface area contributed by atoms with Gasteiger partial charge in [-0.2, -0.15) is 0 Å². The second-order valence-electron chi connectivity index (χ2n) is 3.23. The van der Waals surface area contributed by atoms with Gasteiger partial charge in [0.25, 0.3) is 0 Å². The number of anilines is 1. The highest BCUT2D eigenvalue weighted by Crippen LogP contribution is 2.24. The molecule has 0 spiro atoms. The maximum absolute atomic E-state index is 11.2. The number of hydrogen-bond donors (Lipinski definition) is 0. The van der Waals surface area contributed by atoms with Crippen LogP contribution >= 0.6 is 0 Å². The van der Waals surface area contributed by atoms with Gasteiger partial charge in [-0.1, -0.05) is 6.07 Å². The Labute approximate surface area is 84.3 Å². The fourth-order valence-corrected chi connectivity index (χ4v) is 1.25. The van der Waals surface area contributed by atoms with Crippen molar-refractivity contribution in [3.8, 4) is 5.75 Å². The summed E-state index contributed by atoms with van der Waals surface area (Å²) < 4.78 is 5.10. The summed E-state index contributed by atoms with van der Waals surface area (Å²) in [7, 11) is 3.37. The molecule has 14 heavy (non-hydrogen) atoms. The van der Waals surface area contributed by atoms with E-state index < -0.39 is 0 Å². The Morgan fingerprint density at radius 2 is 2.07 bits per heavy atom. The van der Waals surface area contributed by atoms with E-state index in [1.54, 1.807) is 26.0 Å². The Balaban J connectivity index is 3.11. The third-order valence-electron chi connectivity index (χ3n) is 2.25. The molecule has 0 radical (unpaired) electrons. The lowest BCUT2D eigenvalue weighted by Gasteiger charge is -2.18. The van der Waals surface area contributed by atoms with Gasteiger partial charge in [0.05, 0.1) is 7.11 Å². The van der Waals surface area contributed by atoms with Crippen LogP contribution in [0.4, 0.5) is 5.69 Å². The van der Waals surface area contributed by atoms with Crippen molar-refractivity contribution in [3.63, 3.8) is 0 Å². The molecule has 0 aromatic heterocycles. The normalized spacial score (nSPS) is 9.71. The fourth-order valence-electron chi connectivity index (χ4n) is 1.25. The summed E-state index contributed by atoms with van der Waals surface area (Å²) in [5.74, 6) is 0.778. The lowest BCUT2D eigenvalue weighted by Crippen LogP contribution is -2.23. The maximum atomic E-state index is 11.2. The molecule has 0 atom stereocenters. The van der Waals surface area contributed by atoms with Gasteiger partial charge in [-0.25, -0.2) is 0 Å². The predicted molar refractivity (Wildman–Crippen MR) is 56.8 cm³/mol. The number of carbonyl (C=O) groups excluding carboxylic acids is 1. The van der Waals surface area contributed by atoms with E-state index in [4.69, 9.17) is 4.74 Å². The zero-order valence-corrected chi connectivity index (χ0v) is 9.00. The minimum absolute atomic E-state index is 0.0151. The number of aryl methyl sites for hydroxylation is 1. The Morgan fingerprint density at radius 3 is 2.57 bits per heavy atom. The fraction of sp³-hybridized carbons (Fsp3) is 0.364. The number of ether oxygens (including phenoxy) is 1. The van der Waals surface area contributed by atoms with E-state index in [1.165, 1.54) is 0 Å². The Morgan fingerprint density at radius 1 is 1.43 bits per heavy atom. The highest BCUT2D eigenvalue weighted by Gasteiger charge is 2.09. The molecule has 0 aliphatic rings. The van der Waals surface area contributed by atoms with E-state index in [2.05, 4.69) is 0 Å². The van der Waals surface area contributed by atoms with Crippen LogP contribution in [0.15, 0.2) is 18.2 Å². The van der Waals surface area contributed by atoms with Crippen LogP contribution in [0.2, 0.25) is 0 Å². The first-order valence-corrected chi connectivity index (χ1v) is 4.45. The predicted octanol–water partition coefficient (Wildman–Crippen LogP) is 1.99. The summed E-state index contributed by atoms with van der Waals surface area (Å²) in [6.45, 7) is 3.51. The molecule has 0 bridgehead atoms. The SMILES string of the molecule is COc1ccc(C)c(N(C)C(C)=O)c1. The zero-order chi connectivity index (χ0) is 10.7. The molecule has 1 aromatic carbocycles. The summed E-state index contributed by atoms with van der Waals surface area (Å²) in [5, 5.41) is 0. The number of nitrogens with zero attached hydrogens (tertiary/aromatic N) is 1. The summed E-state index contributed by atoms with van der Waals surface area (Å²) in [6.07, 6.45) is 0. The van der Waals surface area contributed by atoms with Gasteiger partial charge in [0.2, 0.25) is 5.91 Å². The third-order valence-corrected chi connectivity index (χ3v) is 2.25. The molecular weight excluding hydrogens is 178 g/mol. The first kappa shape index (κ1) is 10.6. The standard InChI is InChI=1S/C11H15NO2/c1-8-5-6-10(14-4)7-11(8)12(3)9(2)13/h5-7H,1-4H3. The van der Waals surface area contributed by atoms with E-state index >= 15 is 0 Å². The first-order valence-electron chi connectivity index (χ1n) is 4.45. The molecule has 76 valence electrons. The van der Waals surface area contributed by atoms with Crippen LogP contribution in [0.3, 0.4) is 0 Å². The number of hydrogen-bond acceptors (Lipinski definition) is 2. The van der Waals surface area contributed by atoms with Crippen LogP contribution in [0.1, 0.15) is 12.5 Å². The molecular formula is C11H15NO2. The number of carbonyl (C=O) groups is 1. The Bertz CT molecular complexity index is 347. The number of benzene rings is 1. The minimum Gasteiger partial charge on any atom is -0.497 e. The molecule has 1 amide bonds. The van der Waals surface area contributed by atoms with Crippen LogP contribution in [0.25, 0.3) is 0 Å². The van der Waals surface area contributed by atoms with Crippen LogP contribution in [0.5, 0.6) is 5.75 Å². The zero-order valence-electron chi connectivity index (χ0n) is 9.00. The number of amides is 1. The number of methoxy groups -OCH3 is 1. The second-order valence-corrected chi connectivity index (χ2v) is 3.23. The highest BCUT2D eigenvalue weighted by molar-refractivity contribution is 5.91. The molecule has 3 nitrogen and oxygen atoms in total. The van der Waals surface area contributed by atoms with Crippen molar-refractivity contribution >= 4 is 11.6 Å². The summed E-state index contributed by atoms with van der Waals surface area (Å²) in [5.41, 5.74) is 1.94. The highest BCUT2D eigenvalue weighted by atomic mass is 16.5. The lowest BCUT2D eigenvalue weighted by molar-refractivity contribution is -0.116. The smallest absolute Gasteiger partial charge is 0.223 e. The van der Waals surface area contributed by atoms with Gasteiger partial charge in [-0.3, -0.25) is 4.79 Å². The average molecular weight is 193 g/mol. The van der Waals surface area contributed by atoms with Crippen LogP contribution in [0, 0.1) is 6.92 Å². The van der Waals surface area contributed by atoms with Crippen LogP contribution in [-0.4, -0.2) is 20.1 Å². The summed E-state index contributed by atoms with van der Waals surface area (Å²) in [6, 6.07) is 5.68. The van der Waals surface area contributed by atoms with Crippen molar-refractivity contribution in [1.82, 2.24) is 0 Å². The molecule has 0 aliphatic carbocycles. The monoisotopic (exact) mass is 193 g/mol. The molecule has 0 heterocycles. The third kappa shape index (κ3) is 2.05. The molecule has 0 unspecified atom stereocenters. The molecule has 0 saturated carbocycles. The molecule has 0 saturated heterocycles. The quantitative estimate of drug-likeness (QED) is 0.718. The largest absolute Gasteiger partial charge is 0.497 e. The van der Waals surface area contributed by atoms with Crippen molar-refractivity contribution < 1.29 is 9.53 Å². The molecule has 0 N–H and O–H groups in total. The van der Waals surface area contributed by atoms with Crippen molar-refractivity contribution in [3.05, 3.63) is 23.8 Å². The van der Waals surface area contributed by atoms with Crippen molar-refractivity contribution in [2.75, 3.05) is 19.1 Å².